The molecular weight excluding hydrogens is 328 g/mol. The molecule has 2 aromatic carbocycles. The lowest BCUT2D eigenvalue weighted by Gasteiger charge is -2.09. The number of hydrogen-bond donors (Lipinski definition) is 0. The van der Waals surface area contributed by atoms with Crippen molar-refractivity contribution in [3.05, 3.63) is 53.6 Å². The van der Waals surface area contributed by atoms with Crippen LogP contribution >= 0.6 is 0 Å². The van der Waals surface area contributed by atoms with Crippen LogP contribution in [0.4, 0.5) is 0 Å². The highest BCUT2D eigenvalue weighted by atomic mass is 32.2. The van der Waals surface area contributed by atoms with Crippen molar-refractivity contribution in [3.63, 3.8) is 0 Å². The summed E-state index contributed by atoms with van der Waals surface area (Å²) >= 11 is 0. The second-order valence-corrected chi connectivity index (χ2v) is 7.63. The van der Waals surface area contributed by atoms with Crippen LogP contribution in [0.25, 0.3) is 0 Å². The molecular formula is C14H13O6S2. The molecule has 8 heteroatoms. The molecule has 0 saturated heterocycles. The molecule has 0 aliphatic rings. The molecule has 2 aromatic rings. The monoisotopic (exact) mass is 341 g/mol. The maximum Gasteiger partial charge on any atom is 0.339 e. The Morgan fingerprint density at radius 1 is 0.909 bits per heavy atom. The average Bonchev–Trinajstić information content (AvgIpc) is 2.36. The maximum absolute atomic E-state index is 12.1. The highest BCUT2D eigenvalue weighted by Crippen LogP contribution is 2.24. The summed E-state index contributed by atoms with van der Waals surface area (Å²) in [6.07, 6.45) is 0. The van der Waals surface area contributed by atoms with E-state index in [0.29, 0.717) is 0 Å². The fourth-order valence-corrected chi connectivity index (χ4v) is 3.62. The molecule has 0 aliphatic carbocycles. The second kappa shape index (κ2) is 5.71. The smallest absolute Gasteiger partial charge is 0.339 e. The Morgan fingerprint density at radius 3 is 2.14 bits per heavy atom. The first-order valence-electron chi connectivity index (χ1n) is 6.17. The third kappa shape index (κ3) is 3.65. The average molecular weight is 341 g/mol. The standard InChI is InChI=1S/C14H13O6S2/c1-10-4-3-5-13(8-10)22(18,19)20-12-6-7-14(11(2)9-12)21(15,16)17/h3-9H,1-2H3. The fraction of sp³-hybridized carbons (Fsp3) is 0.143. The van der Waals surface area contributed by atoms with Crippen LogP contribution < -0.4 is 4.18 Å². The van der Waals surface area contributed by atoms with E-state index in [2.05, 4.69) is 0 Å². The molecule has 22 heavy (non-hydrogen) atoms. The first kappa shape index (κ1) is 16.5. The molecule has 0 aromatic heterocycles. The molecule has 0 saturated carbocycles. The van der Waals surface area contributed by atoms with E-state index >= 15 is 0 Å². The van der Waals surface area contributed by atoms with Crippen molar-refractivity contribution in [1.82, 2.24) is 0 Å². The Hall–Kier alpha value is -1.90. The van der Waals surface area contributed by atoms with Gasteiger partial charge in [0.15, 0.2) is 0 Å². The van der Waals surface area contributed by atoms with Crippen molar-refractivity contribution in [3.8, 4) is 5.75 Å². The predicted molar refractivity (Wildman–Crippen MR) is 78.0 cm³/mol. The van der Waals surface area contributed by atoms with Gasteiger partial charge in [-0.2, -0.15) is 16.8 Å². The van der Waals surface area contributed by atoms with Gasteiger partial charge in [-0.15, -0.1) is 0 Å². The van der Waals surface area contributed by atoms with Crippen molar-refractivity contribution in [2.75, 3.05) is 0 Å². The van der Waals surface area contributed by atoms with Crippen LogP contribution in [-0.2, 0) is 24.8 Å². The molecule has 0 fully saturated rings. The molecule has 0 heterocycles. The summed E-state index contributed by atoms with van der Waals surface area (Å²) in [5, 5.41) is 0. The first-order chi connectivity index (χ1) is 10.1. The molecule has 0 amide bonds. The predicted octanol–water partition coefficient (Wildman–Crippen LogP) is 2.19. The number of benzene rings is 2. The van der Waals surface area contributed by atoms with E-state index in [1.54, 1.807) is 19.1 Å². The van der Waals surface area contributed by atoms with Crippen molar-refractivity contribution in [2.45, 2.75) is 23.6 Å². The van der Waals surface area contributed by atoms with Gasteiger partial charge in [-0.25, -0.2) is 0 Å². The quantitative estimate of drug-likeness (QED) is 0.794. The zero-order chi connectivity index (χ0) is 16.5. The van der Waals surface area contributed by atoms with E-state index in [0.717, 1.165) is 17.7 Å². The highest BCUT2D eigenvalue weighted by molar-refractivity contribution is 7.87. The van der Waals surface area contributed by atoms with Gasteiger partial charge in [-0.1, -0.05) is 16.7 Å². The molecule has 2 rings (SSSR count). The van der Waals surface area contributed by atoms with Gasteiger partial charge in [-0.05, 0) is 55.3 Å². The van der Waals surface area contributed by atoms with Crippen LogP contribution in [-0.4, -0.2) is 16.8 Å². The lowest BCUT2D eigenvalue weighted by molar-refractivity contribution is 0.414. The van der Waals surface area contributed by atoms with Gasteiger partial charge in [0.1, 0.15) is 10.6 Å². The largest absolute Gasteiger partial charge is 0.379 e. The molecule has 0 atom stereocenters. The highest BCUT2D eigenvalue weighted by Gasteiger charge is 2.19. The summed E-state index contributed by atoms with van der Waals surface area (Å²) in [4.78, 5) is -0.418. The van der Waals surface area contributed by atoms with Crippen molar-refractivity contribution in [2.24, 2.45) is 0 Å². The van der Waals surface area contributed by atoms with E-state index in [1.807, 2.05) is 0 Å². The Morgan fingerprint density at radius 2 is 1.59 bits per heavy atom. The van der Waals surface area contributed by atoms with Gasteiger partial charge in [0.05, 0.1) is 4.90 Å². The Kier molecular flexibility index (Phi) is 4.28. The van der Waals surface area contributed by atoms with Crippen molar-refractivity contribution >= 4 is 20.2 Å². The lowest BCUT2D eigenvalue weighted by atomic mass is 10.2. The van der Waals surface area contributed by atoms with Crippen LogP contribution in [0.15, 0.2) is 52.3 Å². The van der Waals surface area contributed by atoms with Gasteiger partial charge < -0.3 is 4.18 Å². The molecule has 0 unspecified atom stereocenters. The number of rotatable bonds is 4. The van der Waals surface area contributed by atoms with E-state index in [9.17, 15) is 21.4 Å². The summed E-state index contributed by atoms with van der Waals surface area (Å²) in [6, 6.07) is 9.54. The lowest BCUT2D eigenvalue weighted by Crippen LogP contribution is -2.10. The topological polar surface area (TPSA) is 97.4 Å². The van der Waals surface area contributed by atoms with Crippen LogP contribution in [0, 0.1) is 13.8 Å². The number of hydrogen-bond acceptors (Lipinski definition) is 5. The van der Waals surface area contributed by atoms with Gasteiger partial charge in [0, 0.05) is 0 Å². The van der Waals surface area contributed by atoms with Gasteiger partial charge in [0.25, 0.3) is 0 Å². The summed E-state index contributed by atoms with van der Waals surface area (Å²) in [7, 11) is -8.64. The third-order valence-corrected chi connectivity index (χ3v) is 5.14. The molecule has 0 aliphatic heterocycles. The van der Waals surface area contributed by atoms with Gasteiger partial charge >= 0.3 is 20.2 Å². The minimum atomic E-state index is -4.61. The summed E-state index contributed by atoms with van der Waals surface area (Å²) in [5.74, 6) is -0.0635. The number of aryl methyl sites for hydroxylation is 2. The fourth-order valence-electron chi connectivity index (χ4n) is 1.90. The van der Waals surface area contributed by atoms with Gasteiger partial charge in [0.2, 0.25) is 0 Å². The Labute approximate surface area is 129 Å². The van der Waals surface area contributed by atoms with Gasteiger partial charge in [-0.3, -0.25) is 0 Å². The van der Waals surface area contributed by atoms with Crippen LogP contribution in [0.1, 0.15) is 11.1 Å². The molecule has 0 spiro atoms. The zero-order valence-corrected chi connectivity index (χ0v) is 13.4. The molecule has 1 radical (unpaired) electrons. The van der Waals surface area contributed by atoms with E-state index in [-0.39, 0.29) is 16.2 Å². The molecule has 6 nitrogen and oxygen atoms in total. The summed E-state index contributed by atoms with van der Waals surface area (Å²) in [5.41, 5.74) is 0.876. The third-order valence-electron chi connectivity index (χ3n) is 2.90. The van der Waals surface area contributed by atoms with E-state index in [1.165, 1.54) is 25.1 Å². The van der Waals surface area contributed by atoms with Crippen LogP contribution in [0.2, 0.25) is 0 Å². The molecule has 0 N–H and O–H groups in total. The van der Waals surface area contributed by atoms with E-state index < -0.39 is 25.1 Å². The first-order valence-corrected chi connectivity index (χ1v) is 8.99. The zero-order valence-electron chi connectivity index (χ0n) is 11.8. The Bertz CT molecular complexity index is 914. The second-order valence-electron chi connectivity index (χ2n) is 4.74. The SMILES string of the molecule is Cc1cccc(S(=O)(=O)Oc2ccc(S([O])(=O)=O)c(C)c2)c1. The Balaban J connectivity index is 2.37. The molecule has 117 valence electrons. The summed E-state index contributed by atoms with van der Waals surface area (Å²) < 4.78 is 62.2. The molecule has 0 bridgehead atoms. The van der Waals surface area contributed by atoms with E-state index in [4.69, 9.17) is 4.18 Å². The normalized spacial score (nSPS) is 12.1. The van der Waals surface area contributed by atoms with Crippen molar-refractivity contribution < 1.29 is 25.6 Å². The van der Waals surface area contributed by atoms with Crippen LogP contribution in [0.5, 0.6) is 5.75 Å². The minimum Gasteiger partial charge on any atom is -0.379 e. The van der Waals surface area contributed by atoms with Crippen LogP contribution in [0.3, 0.4) is 0 Å². The maximum atomic E-state index is 12.1. The summed E-state index contributed by atoms with van der Waals surface area (Å²) in [6.45, 7) is 3.13. The minimum absolute atomic E-state index is 0.00863. The van der Waals surface area contributed by atoms with Crippen molar-refractivity contribution in [1.29, 1.82) is 0 Å².